The summed E-state index contributed by atoms with van der Waals surface area (Å²) in [4.78, 5) is 0. The third-order valence-corrected chi connectivity index (χ3v) is 0.827. The molecule has 1 heterocycles. The second-order valence-electron chi connectivity index (χ2n) is 0.971. The zero-order chi connectivity index (χ0) is 6.62. The molecular weight excluding hydrogens is 168 g/mol. The molecule has 0 aromatic rings. The van der Waals surface area contributed by atoms with Crippen LogP contribution in [0, 0.1) is 0 Å². The van der Waals surface area contributed by atoms with Gasteiger partial charge in [-0.15, -0.1) is 0 Å². The van der Waals surface area contributed by atoms with Gasteiger partial charge in [-0.2, -0.15) is 0 Å². The summed E-state index contributed by atoms with van der Waals surface area (Å²) in [6, 6.07) is 0. The Labute approximate surface area is 58.9 Å². The zero-order valence-corrected chi connectivity index (χ0v) is 6.17. The van der Waals surface area contributed by atoms with E-state index in [4.69, 9.17) is 18.1 Å². The van der Waals surface area contributed by atoms with Crippen LogP contribution in [0.25, 0.3) is 0 Å². The maximum absolute atomic E-state index is 8.50. The van der Waals surface area contributed by atoms with Gasteiger partial charge < -0.3 is 0 Å². The number of nitrogens with two attached hydrogens (primary N) is 2. The minimum atomic E-state index is -2.00. The fourth-order valence-corrected chi connectivity index (χ4v) is 0.144. The van der Waals surface area contributed by atoms with Crippen LogP contribution in [-0.4, -0.2) is 5.18 Å². The van der Waals surface area contributed by atoms with Crippen LogP contribution in [0.5, 0.6) is 0 Å². The van der Waals surface area contributed by atoms with Gasteiger partial charge in [0.25, 0.3) is 5.18 Å². The van der Waals surface area contributed by atoms with Gasteiger partial charge in [0, 0.05) is 0 Å². The number of hydrogen-bond donors (Lipinski definition) is 2. The maximum atomic E-state index is 8.50. The average Bonchev–Trinajstić information content (AvgIpc) is 2.22. The molecular formula is CH4N2O3STi. The molecule has 0 aromatic heterocycles. The van der Waals surface area contributed by atoms with E-state index in [-0.39, 0.29) is 0 Å². The molecule has 1 fully saturated rings. The predicted octanol–water partition coefficient (Wildman–Crippen LogP) is -1.05. The van der Waals surface area contributed by atoms with Crippen molar-refractivity contribution in [1.29, 1.82) is 0 Å². The second kappa shape index (κ2) is 3.55. The van der Waals surface area contributed by atoms with Gasteiger partial charge in [-0.25, -0.2) is 0 Å². The summed E-state index contributed by atoms with van der Waals surface area (Å²) in [5, 5.41) is -0.833. The summed E-state index contributed by atoms with van der Waals surface area (Å²) in [6.07, 6.45) is 0. The van der Waals surface area contributed by atoms with E-state index < -0.39 is 24.3 Å². The van der Waals surface area contributed by atoms with Crippen molar-refractivity contribution in [3.05, 3.63) is 0 Å². The summed E-state index contributed by atoms with van der Waals surface area (Å²) in [6.45, 7) is 0. The van der Waals surface area contributed by atoms with Crippen LogP contribution in [0.3, 0.4) is 0 Å². The Hall–Kier alpha value is 0.544. The first-order valence-corrected chi connectivity index (χ1v) is 3.58. The normalized spacial score (nSPS) is 19.8. The monoisotopic (exact) mass is 172 g/mol. The molecule has 0 spiro atoms. The molecule has 0 unspecified atom stereocenters. The molecule has 0 amide bonds. The molecule has 0 aromatic carbocycles. The van der Waals surface area contributed by atoms with Gasteiger partial charge in [0.05, 0.1) is 12.0 Å². The Morgan fingerprint density at radius 1 is 1.50 bits per heavy atom. The summed E-state index contributed by atoms with van der Waals surface area (Å²) in [5.41, 5.74) is 9.97. The first kappa shape index (κ1) is 8.54. The predicted molar refractivity (Wildman–Crippen MR) is 21.2 cm³/mol. The van der Waals surface area contributed by atoms with Gasteiger partial charge in [-0.1, -0.05) is 0 Å². The molecule has 1 rings (SSSR count). The number of hydrogen-bond acceptors (Lipinski definition) is 6. The zero-order valence-electron chi connectivity index (χ0n) is 3.79. The first-order valence-electron chi connectivity index (χ1n) is 1.56. The fourth-order valence-electron chi connectivity index (χ4n) is 0.0481. The van der Waals surface area contributed by atoms with Crippen LogP contribution < -0.4 is 11.5 Å². The molecule has 8 heavy (non-hydrogen) atoms. The molecule has 4 N–H and O–H groups in total. The molecule has 0 saturated carbocycles. The van der Waals surface area contributed by atoms with Gasteiger partial charge in [0.1, 0.15) is 0 Å². The van der Waals surface area contributed by atoms with E-state index in [9.17, 15) is 0 Å². The van der Waals surface area contributed by atoms with Crippen LogP contribution in [0.1, 0.15) is 0 Å². The summed E-state index contributed by atoms with van der Waals surface area (Å²) >= 11 is -0.919. The van der Waals surface area contributed by atoms with Gasteiger partial charge in [0.2, 0.25) is 0 Å². The Kier molecular flexibility index (Phi) is 3.79. The van der Waals surface area contributed by atoms with Crippen molar-refractivity contribution >= 4 is 12.0 Å². The van der Waals surface area contributed by atoms with E-state index in [0.29, 0.717) is 0 Å². The van der Waals surface area contributed by atoms with Crippen molar-refractivity contribution in [2.45, 2.75) is 5.18 Å². The van der Waals surface area contributed by atoms with Crippen LogP contribution in [0.4, 0.5) is 0 Å². The molecule has 5 nitrogen and oxygen atoms in total. The van der Waals surface area contributed by atoms with E-state index in [1.807, 2.05) is 0 Å². The third kappa shape index (κ3) is 6.54. The standard InChI is InChI=1S/CH4N2OS.2O.Ti/c2-1(3)4-5-1;;;/h2-3H2;;;. The molecule has 0 atom stereocenters. The molecule has 0 radical (unpaired) electrons. The quantitative estimate of drug-likeness (QED) is 0.209. The molecule has 0 bridgehead atoms. The van der Waals surface area contributed by atoms with E-state index in [1.54, 1.807) is 0 Å². The van der Waals surface area contributed by atoms with Crippen molar-refractivity contribution < 1.29 is 29.9 Å². The topological polar surface area (TPSA) is 98.7 Å². The van der Waals surface area contributed by atoms with Crippen molar-refractivity contribution in [3.8, 4) is 0 Å². The number of rotatable bonds is 0. The first-order chi connectivity index (χ1) is 3.62. The van der Waals surface area contributed by atoms with Crippen molar-refractivity contribution in [1.82, 2.24) is 0 Å². The van der Waals surface area contributed by atoms with E-state index in [1.165, 1.54) is 0 Å². The summed E-state index contributed by atoms with van der Waals surface area (Å²) < 4.78 is 21.4. The van der Waals surface area contributed by atoms with Crippen molar-refractivity contribution in [2.75, 3.05) is 0 Å². The fraction of sp³-hybridized carbons (Fsp3) is 1.00. The van der Waals surface area contributed by atoms with Crippen molar-refractivity contribution in [3.63, 3.8) is 0 Å². The molecule has 7 heteroatoms. The van der Waals surface area contributed by atoms with E-state index in [0.717, 1.165) is 12.0 Å². The summed E-state index contributed by atoms with van der Waals surface area (Å²) in [5.74, 6) is 0. The van der Waals surface area contributed by atoms with Crippen LogP contribution >= 0.6 is 12.0 Å². The average molecular weight is 172 g/mol. The Bertz CT molecular complexity index is 104. The molecule has 1 aliphatic rings. The Morgan fingerprint density at radius 2 is 1.62 bits per heavy atom. The van der Waals surface area contributed by atoms with Gasteiger partial charge >= 0.3 is 25.7 Å². The van der Waals surface area contributed by atoms with Crippen LogP contribution in [-0.2, 0) is 29.9 Å². The van der Waals surface area contributed by atoms with Gasteiger partial charge in [-0.3, -0.25) is 15.7 Å². The molecule has 1 saturated heterocycles. The van der Waals surface area contributed by atoms with E-state index >= 15 is 0 Å². The van der Waals surface area contributed by atoms with E-state index in [2.05, 4.69) is 4.18 Å². The third-order valence-electron chi connectivity index (χ3n) is 0.276. The Morgan fingerprint density at radius 3 is 1.62 bits per heavy atom. The molecule has 1 aliphatic heterocycles. The minimum absolute atomic E-state index is 0.833. The second-order valence-corrected chi connectivity index (χ2v) is 2.20. The van der Waals surface area contributed by atoms with Crippen molar-refractivity contribution in [2.24, 2.45) is 11.5 Å². The SMILES string of the molecule is NC1(N)OS1.[O]=[Ti]=[O]. The molecule has 0 aliphatic carbocycles. The van der Waals surface area contributed by atoms with Crippen LogP contribution in [0.2, 0.25) is 0 Å². The van der Waals surface area contributed by atoms with Gasteiger partial charge in [-0.05, 0) is 0 Å². The summed E-state index contributed by atoms with van der Waals surface area (Å²) in [7, 11) is 0. The Balaban J connectivity index is 0.000000145. The van der Waals surface area contributed by atoms with Crippen LogP contribution in [0.15, 0.2) is 0 Å². The molecule has 46 valence electrons. The van der Waals surface area contributed by atoms with Gasteiger partial charge in [0.15, 0.2) is 0 Å².